The van der Waals surface area contributed by atoms with E-state index in [1.54, 1.807) is 6.26 Å². The molecule has 1 heterocycles. The Labute approximate surface area is 109 Å². The topological polar surface area (TPSA) is 36.6 Å². The van der Waals surface area contributed by atoms with E-state index in [2.05, 4.69) is 20.8 Å². The van der Waals surface area contributed by atoms with E-state index in [1.807, 2.05) is 37.4 Å². The number of aliphatic hydroxyl groups is 1. The summed E-state index contributed by atoms with van der Waals surface area (Å²) in [6.45, 7) is 0.765. The lowest BCUT2D eigenvalue weighted by molar-refractivity contribution is 0.281. The standard InChI is InChI=1S/C13H14BrNO2/c1-15(8-12-3-2-6-17-12)11-5-4-10(9-16)13(14)7-11/h2-7,16H,8-9H2,1H3. The number of furan rings is 1. The number of aliphatic hydroxyl groups excluding tert-OH is 1. The van der Waals surface area contributed by atoms with Crippen LogP contribution in [-0.4, -0.2) is 12.2 Å². The van der Waals surface area contributed by atoms with Gasteiger partial charge in [0.05, 0.1) is 19.4 Å². The van der Waals surface area contributed by atoms with E-state index in [9.17, 15) is 0 Å². The van der Waals surface area contributed by atoms with Crippen molar-refractivity contribution in [3.63, 3.8) is 0 Å². The van der Waals surface area contributed by atoms with Gasteiger partial charge >= 0.3 is 0 Å². The lowest BCUT2D eigenvalue weighted by atomic mass is 10.2. The quantitative estimate of drug-likeness (QED) is 0.941. The molecule has 0 aliphatic heterocycles. The molecule has 3 nitrogen and oxygen atoms in total. The second-order valence-electron chi connectivity index (χ2n) is 3.87. The van der Waals surface area contributed by atoms with E-state index in [0.29, 0.717) is 0 Å². The number of halogens is 1. The number of hydrogen-bond donors (Lipinski definition) is 1. The maximum absolute atomic E-state index is 9.10. The van der Waals surface area contributed by atoms with Crippen LogP contribution in [-0.2, 0) is 13.2 Å². The van der Waals surface area contributed by atoms with Crippen LogP contribution in [0.4, 0.5) is 5.69 Å². The molecule has 0 saturated heterocycles. The molecule has 0 fully saturated rings. The molecule has 1 N–H and O–H groups in total. The number of benzene rings is 1. The van der Waals surface area contributed by atoms with Gasteiger partial charge in [-0.1, -0.05) is 22.0 Å². The first-order valence-corrected chi connectivity index (χ1v) is 6.13. The van der Waals surface area contributed by atoms with E-state index >= 15 is 0 Å². The van der Waals surface area contributed by atoms with E-state index in [1.165, 1.54) is 0 Å². The number of nitrogens with zero attached hydrogens (tertiary/aromatic N) is 1. The van der Waals surface area contributed by atoms with E-state index in [-0.39, 0.29) is 6.61 Å². The highest BCUT2D eigenvalue weighted by Crippen LogP contribution is 2.24. The highest BCUT2D eigenvalue weighted by atomic mass is 79.9. The molecule has 90 valence electrons. The van der Waals surface area contributed by atoms with Gasteiger partial charge < -0.3 is 14.4 Å². The minimum absolute atomic E-state index is 0.0444. The molecule has 0 atom stereocenters. The average molecular weight is 296 g/mol. The second kappa shape index (κ2) is 5.38. The number of hydrogen-bond acceptors (Lipinski definition) is 3. The monoisotopic (exact) mass is 295 g/mol. The molecular weight excluding hydrogens is 282 g/mol. The maximum atomic E-state index is 9.10. The summed E-state index contributed by atoms with van der Waals surface area (Å²) in [5, 5.41) is 9.10. The van der Waals surface area contributed by atoms with Crippen molar-refractivity contribution >= 4 is 21.6 Å². The van der Waals surface area contributed by atoms with Crippen LogP contribution in [0.25, 0.3) is 0 Å². The summed E-state index contributed by atoms with van der Waals surface area (Å²) in [6, 6.07) is 9.73. The Balaban J connectivity index is 2.14. The molecular formula is C13H14BrNO2. The summed E-state index contributed by atoms with van der Waals surface area (Å²) in [6.07, 6.45) is 1.67. The Morgan fingerprint density at radius 1 is 1.35 bits per heavy atom. The fourth-order valence-electron chi connectivity index (χ4n) is 1.63. The summed E-state index contributed by atoms with van der Waals surface area (Å²) in [5.74, 6) is 0.926. The zero-order valence-electron chi connectivity index (χ0n) is 9.56. The van der Waals surface area contributed by atoms with Crippen molar-refractivity contribution in [2.75, 3.05) is 11.9 Å². The van der Waals surface area contributed by atoms with Crippen LogP contribution in [0.3, 0.4) is 0 Å². The molecule has 2 aromatic rings. The van der Waals surface area contributed by atoms with Gasteiger partial charge in [-0.2, -0.15) is 0 Å². The molecule has 0 aliphatic carbocycles. The van der Waals surface area contributed by atoms with Crippen LogP contribution in [0.5, 0.6) is 0 Å². The van der Waals surface area contributed by atoms with Crippen molar-refractivity contribution in [1.82, 2.24) is 0 Å². The van der Waals surface area contributed by atoms with Crippen molar-refractivity contribution in [1.29, 1.82) is 0 Å². The van der Waals surface area contributed by atoms with Crippen LogP contribution in [0.1, 0.15) is 11.3 Å². The minimum atomic E-state index is 0.0444. The second-order valence-corrected chi connectivity index (χ2v) is 4.72. The normalized spacial score (nSPS) is 10.5. The first kappa shape index (κ1) is 12.2. The largest absolute Gasteiger partial charge is 0.467 e. The Morgan fingerprint density at radius 3 is 2.76 bits per heavy atom. The highest BCUT2D eigenvalue weighted by Gasteiger charge is 2.06. The molecule has 0 amide bonds. The predicted molar refractivity (Wildman–Crippen MR) is 70.9 cm³/mol. The Morgan fingerprint density at radius 2 is 2.18 bits per heavy atom. The minimum Gasteiger partial charge on any atom is -0.467 e. The van der Waals surface area contributed by atoms with Gasteiger partial charge in [-0.15, -0.1) is 0 Å². The highest BCUT2D eigenvalue weighted by molar-refractivity contribution is 9.10. The Kier molecular flexibility index (Phi) is 3.86. The zero-order valence-corrected chi connectivity index (χ0v) is 11.1. The van der Waals surface area contributed by atoms with Crippen molar-refractivity contribution in [2.45, 2.75) is 13.2 Å². The Hall–Kier alpha value is -1.26. The summed E-state index contributed by atoms with van der Waals surface area (Å²) >= 11 is 3.44. The van der Waals surface area contributed by atoms with E-state index in [0.717, 1.165) is 28.0 Å². The van der Waals surface area contributed by atoms with Gasteiger partial charge in [-0.05, 0) is 29.8 Å². The fraction of sp³-hybridized carbons (Fsp3) is 0.231. The first-order valence-electron chi connectivity index (χ1n) is 5.33. The molecule has 2 rings (SSSR count). The van der Waals surface area contributed by atoms with Crippen molar-refractivity contribution in [3.8, 4) is 0 Å². The van der Waals surface area contributed by atoms with Crippen molar-refractivity contribution in [3.05, 3.63) is 52.4 Å². The summed E-state index contributed by atoms with van der Waals surface area (Å²) < 4.78 is 6.23. The molecule has 1 aromatic heterocycles. The molecule has 17 heavy (non-hydrogen) atoms. The van der Waals surface area contributed by atoms with Gasteiger partial charge in [-0.3, -0.25) is 0 Å². The van der Waals surface area contributed by atoms with Crippen LogP contribution in [0, 0.1) is 0 Å². The number of rotatable bonds is 4. The summed E-state index contributed by atoms with van der Waals surface area (Å²) in [4.78, 5) is 2.09. The van der Waals surface area contributed by atoms with Crippen LogP contribution < -0.4 is 4.90 Å². The van der Waals surface area contributed by atoms with Crippen LogP contribution >= 0.6 is 15.9 Å². The smallest absolute Gasteiger partial charge is 0.123 e. The molecule has 0 saturated carbocycles. The fourth-order valence-corrected chi connectivity index (χ4v) is 2.12. The lowest BCUT2D eigenvalue weighted by Crippen LogP contribution is -2.15. The third-order valence-electron chi connectivity index (χ3n) is 2.62. The summed E-state index contributed by atoms with van der Waals surface area (Å²) in [7, 11) is 2.00. The predicted octanol–water partition coefficient (Wildman–Crippen LogP) is 3.17. The van der Waals surface area contributed by atoms with E-state index in [4.69, 9.17) is 9.52 Å². The maximum Gasteiger partial charge on any atom is 0.123 e. The van der Waals surface area contributed by atoms with Gasteiger partial charge in [0, 0.05) is 17.2 Å². The van der Waals surface area contributed by atoms with Gasteiger partial charge in [0.15, 0.2) is 0 Å². The molecule has 0 radical (unpaired) electrons. The molecule has 0 aliphatic rings. The van der Waals surface area contributed by atoms with Gasteiger partial charge in [0.2, 0.25) is 0 Å². The van der Waals surface area contributed by atoms with Gasteiger partial charge in [0.1, 0.15) is 5.76 Å². The first-order chi connectivity index (χ1) is 8.20. The third-order valence-corrected chi connectivity index (χ3v) is 3.36. The zero-order chi connectivity index (χ0) is 12.3. The Bertz CT molecular complexity index is 482. The SMILES string of the molecule is CN(Cc1ccco1)c1ccc(CO)c(Br)c1. The lowest BCUT2D eigenvalue weighted by Gasteiger charge is -2.18. The van der Waals surface area contributed by atoms with Crippen LogP contribution in [0.15, 0.2) is 45.5 Å². The van der Waals surface area contributed by atoms with E-state index < -0.39 is 0 Å². The van der Waals surface area contributed by atoms with Crippen molar-refractivity contribution in [2.24, 2.45) is 0 Å². The molecule has 0 unspecified atom stereocenters. The average Bonchev–Trinajstić information content (AvgIpc) is 2.81. The number of anilines is 1. The summed E-state index contributed by atoms with van der Waals surface area (Å²) in [5.41, 5.74) is 1.96. The van der Waals surface area contributed by atoms with Gasteiger partial charge in [-0.25, -0.2) is 0 Å². The van der Waals surface area contributed by atoms with Crippen LogP contribution in [0.2, 0.25) is 0 Å². The molecule has 4 heteroatoms. The van der Waals surface area contributed by atoms with Gasteiger partial charge in [0.25, 0.3) is 0 Å². The molecule has 0 bridgehead atoms. The third kappa shape index (κ3) is 2.90. The molecule has 1 aromatic carbocycles. The molecule has 0 spiro atoms. The van der Waals surface area contributed by atoms with Crippen molar-refractivity contribution < 1.29 is 9.52 Å².